The number of phenolic OH excluding ortho intramolecular Hbond substituents is 1. The zero-order valence-electron chi connectivity index (χ0n) is 17.7. The minimum atomic E-state index is -0.561. The number of piperidine rings is 1. The lowest BCUT2D eigenvalue weighted by Gasteiger charge is -2.70. The van der Waals surface area contributed by atoms with Crippen LogP contribution in [0.25, 0.3) is 0 Å². The summed E-state index contributed by atoms with van der Waals surface area (Å²) < 4.78 is 12.1. The van der Waals surface area contributed by atoms with Crippen LogP contribution in [0.4, 0.5) is 0 Å². The van der Waals surface area contributed by atoms with Crippen molar-refractivity contribution in [2.45, 2.75) is 81.9 Å². The Kier molecular flexibility index (Phi) is 3.07. The second-order valence-corrected chi connectivity index (χ2v) is 10.7. The molecule has 5 atom stereocenters. The van der Waals surface area contributed by atoms with E-state index in [1.54, 1.807) is 7.11 Å². The van der Waals surface area contributed by atoms with E-state index in [4.69, 9.17) is 9.47 Å². The topological polar surface area (TPSA) is 78.8 Å². The van der Waals surface area contributed by atoms with Gasteiger partial charge in [-0.05, 0) is 32.1 Å². The number of rotatable bonds is 3. The number of carbonyl (C=O) groups excluding carboxylic acids is 1. The Morgan fingerprint density at radius 3 is 2.67 bits per heavy atom. The average Bonchev–Trinajstić information content (AvgIpc) is 3.63. The van der Waals surface area contributed by atoms with Gasteiger partial charge in [-0.15, -0.1) is 0 Å². The normalized spacial score (nSPS) is 43.2. The highest BCUT2D eigenvalue weighted by Gasteiger charge is 2.79. The van der Waals surface area contributed by atoms with Crippen molar-refractivity contribution >= 4 is 5.78 Å². The molecule has 30 heavy (non-hydrogen) atoms. The summed E-state index contributed by atoms with van der Waals surface area (Å²) in [7, 11) is 1.64. The number of quaternary nitrogens is 1. The van der Waals surface area contributed by atoms with Gasteiger partial charge < -0.3 is 24.4 Å². The van der Waals surface area contributed by atoms with Crippen LogP contribution in [0.5, 0.6) is 17.2 Å². The summed E-state index contributed by atoms with van der Waals surface area (Å²) in [6.07, 6.45) is 6.42. The zero-order chi connectivity index (χ0) is 20.6. The highest BCUT2D eigenvalue weighted by molar-refractivity contribution is 5.90. The van der Waals surface area contributed by atoms with Gasteiger partial charge >= 0.3 is 0 Å². The highest BCUT2D eigenvalue weighted by Crippen LogP contribution is 2.76. The number of ketones is 1. The van der Waals surface area contributed by atoms with Crippen LogP contribution in [0.15, 0.2) is 0 Å². The molecule has 2 bridgehead atoms. The van der Waals surface area contributed by atoms with Crippen molar-refractivity contribution in [1.29, 1.82) is 0 Å². The molecular weight excluding hydrogens is 382 g/mol. The molecule has 3 saturated carbocycles. The fraction of sp³-hybridized carbons (Fsp3) is 0.708. The molecule has 0 aromatic heterocycles. The van der Waals surface area contributed by atoms with E-state index in [0.717, 1.165) is 43.2 Å². The van der Waals surface area contributed by atoms with Crippen molar-refractivity contribution in [3.8, 4) is 17.2 Å². The molecule has 1 aromatic rings. The summed E-state index contributed by atoms with van der Waals surface area (Å²) in [5.41, 5.74) is 2.03. The molecule has 0 radical (unpaired) electrons. The maximum absolute atomic E-state index is 14.5. The van der Waals surface area contributed by atoms with Crippen LogP contribution in [-0.2, 0) is 16.6 Å². The van der Waals surface area contributed by atoms with E-state index in [2.05, 4.69) is 0 Å². The number of carbonyl (C=O) groups is 1. The first kappa shape index (κ1) is 17.8. The van der Waals surface area contributed by atoms with Crippen LogP contribution in [-0.4, -0.2) is 47.4 Å². The Bertz CT molecular complexity index is 1010. The molecule has 1 spiro atoms. The number of phenols is 1. The first-order valence-electron chi connectivity index (χ1n) is 11.6. The fourth-order valence-electron chi connectivity index (χ4n) is 8.55. The summed E-state index contributed by atoms with van der Waals surface area (Å²) in [5.74, 6) is 1.93. The van der Waals surface area contributed by atoms with Gasteiger partial charge in [0.15, 0.2) is 23.4 Å². The number of aromatic hydroxyl groups is 1. The molecule has 2 aliphatic heterocycles. The van der Waals surface area contributed by atoms with Gasteiger partial charge in [0.1, 0.15) is 11.8 Å². The van der Waals surface area contributed by atoms with Crippen molar-refractivity contribution in [2.75, 3.05) is 13.7 Å². The van der Waals surface area contributed by atoms with E-state index >= 15 is 0 Å². The number of Topliss-reactive ketones (excluding diaryl/α,β-unsaturated/α-hetero) is 1. The van der Waals surface area contributed by atoms with Gasteiger partial charge in [-0.3, -0.25) is 4.79 Å². The third-order valence-corrected chi connectivity index (χ3v) is 9.80. The van der Waals surface area contributed by atoms with Crippen molar-refractivity contribution < 1.29 is 24.0 Å². The lowest BCUT2D eigenvalue weighted by molar-refractivity contribution is -0.933. The molecule has 1 saturated heterocycles. The predicted octanol–water partition coefficient (Wildman–Crippen LogP) is 3.27. The second-order valence-electron chi connectivity index (χ2n) is 10.7. The molecular formula is C24H29NO5. The predicted molar refractivity (Wildman–Crippen MR) is 109 cm³/mol. The van der Waals surface area contributed by atoms with Gasteiger partial charge in [-0.25, -0.2) is 0 Å². The molecule has 4 aliphatic carbocycles. The van der Waals surface area contributed by atoms with Crippen LogP contribution >= 0.6 is 0 Å². The maximum Gasteiger partial charge on any atom is 0.174 e. The number of likely N-dealkylation sites (tertiary alicyclic amines) is 1. The zero-order valence-corrected chi connectivity index (χ0v) is 17.7. The third-order valence-electron chi connectivity index (χ3n) is 9.80. The summed E-state index contributed by atoms with van der Waals surface area (Å²) in [4.78, 5) is 13.2. The van der Waals surface area contributed by atoms with Gasteiger partial charge in [-0.2, -0.15) is 0 Å². The monoisotopic (exact) mass is 411 g/mol. The van der Waals surface area contributed by atoms with Crippen molar-refractivity contribution in [1.82, 2.24) is 0 Å². The smallest absolute Gasteiger partial charge is 0.174 e. The fourth-order valence-corrected chi connectivity index (χ4v) is 8.55. The number of methoxy groups -OCH3 is 1. The molecule has 1 N–H and O–H groups in total. The Balaban J connectivity index is 1.59. The number of benzene rings is 1. The number of hydroxylamine groups is 3. The Hall–Kier alpha value is -1.79. The largest absolute Gasteiger partial charge is 0.632 e. The minimum Gasteiger partial charge on any atom is -0.632 e. The van der Waals surface area contributed by atoms with Crippen LogP contribution in [0.3, 0.4) is 0 Å². The van der Waals surface area contributed by atoms with E-state index in [1.165, 1.54) is 0 Å². The van der Waals surface area contributed by atoms with E-state index in [0.29, 0.717) is 48.8 Å². The first-order chi connectivity index (χ1) is 14.4. The highest BCUT2D eigenvalue weighted by atomic mass is 16.6. The maximum atomic E-state index is 14.5. The van der Waals surface area contributed by atoms with Crippen molar-refractivity contribution in [3.63, 3.8) is 0 Å². The summed E-state index contributed by atoms with van der Waals surface area (Å²) in [5, 5.41) is 25.6. The van der Waals surface area contributed by atoms with E-state index in [9.17, 15) is 15.1 Å². The quantitative estimate of drug-likeness (QED) is 0.610. The summed E-state index contributed by atoms with van der Waals surface area (Å²) >= 11 is 0. The van der Waals surface area contributed by atoms with Gasteiger partial charge in [0, 0.05) is 54.2 Å². The molecule has 0 amide bonds. The minimum absolute atomic E-state index is 0.0401. The summed E-state index contributed by atoms with van der Waals surface area (Å²) in [6, 6.07) is 0.174. The lowest BCUT2D eigenvalue weighted by atomic mass is 9.41. The van der Waals surface area contributed by atoms with Gasteiger partial charge in [0.25, 0.3) is 0 Å². The SMILES string of the molecule is COc1c(C)c(O)c2c3c1C[C@@H]1[C@]4(C5CC5)CCC(=O)[C@H](O2)[C@]34CC[N+]1([O-])C1CC1. The first-order valence-corrected chi connectivity index (χ1v) is 11.6. The van der Waals surface area contributed by atoms with E-state index in [1.807, 2.05) is 6.92 Å². The Morgan fingerprint density at radius 1 is 1.23 bits per heavy atom. The molecule has 6 nitrogen and oxygen atoms in total. The van der Waals surface area contributed by atoms with E-state index in [-0.39, 0.29) is 33.7 Å². The van der Waals surface area contributed by atoms with Crippen LogP contribution < -0.4 is 9.47 Å². The molecule has 4 fully saturated rings. The van der Waals surface area contributed by atoms with Crippen LogP contribution in [0, 0.1) is 23.5 Å². The molecule has 2 heterocycles. The van der Waals surface area contributed by atoms with Crippen molar-refractivity contribution in [3.05, 3.63) is 21.9 Å². The average molecular weight is 411 g/mol. The number of hydrogen-bond acceptors (Lipinski definition) is 5. The second kappa shape index (κ2) is 5.16. The molecule has 6 aliphatic rings. The molecule has 160 valence electrons. The Labute approximate surface area is 176 Å². The molecule has 7 rings (SSSR count). The number of hydrogen-bond donors (Lipinski definition) is 1. The van der Waals surface area contributed by atoms with Crippen LogP contribution in [0.2, 0.25) is 0 Å². The number of nitrogens with zero attached hydrogens (tertiary/aromatic N) is 1. The molecule has 1 aromatic carbocycles. The van der Waals surface area contributed by atoms with Gasteiger partial charge in [0.2, 0.25) is 0 Å². The standard InChI is InChI=1S/C24H29NO5/c1-12-19(27)21-18-15(20(12)29-2)11-17-23(13-3-4-13)8-7-16(26)22(30-21)24(18,23)9-10-25(17,28)14-5-6-14/h13-14,17,22,27H,3-11H2,1-2H3/t17-,22+,23-,24+,25?/m1/s1. The lowest BCUT2D eigenvalue weighted by Crippen LogP contribution is -2.77. The van der Waals surface area contributed by atoms with Crippen molar-refractivity contribution in [2.24, 2.45) is 11.3 Å². The van der Waals surface area contributed by atoms with Gasteiger partial charge in [0.05, 0.1) is 25.1 Å². The third kappa shape index (κ3) is 1.66. The van der Waals surface area contributed by atoms with Gasteiger partial charge in [-0.1, -0.05) is 0 Å². The van der Waals surface area contributed by atoms with Crippen LogP contribution in [0.1, 0.15) is 61.6 Å². The number of ether oxygens (including phenoxy) is 2. The molecule has 1 unspecified atom stereocenters. The Morgan fingerprint density at radius 2 is 2.00 bits per heavy atom. The molecule has 6 heteroatoms. The summed E-state index contributed by atoms with van der Waals surface area (Å²) in [6.45, 7) is 2.40. The van der Waals surface area contributed by atoms with E-state index < -0.39 is 11.5 Å².